The van der Waals surface area contributed by atoms with Crippen molar-refractivity contribution in [2.45, 2.75) is 19.0 Å². The summed E-state index contributed by atoms with van der Waals surface area (Å²) < 4.78 is 37.0. The lowest BCUT2D eigenvalue weighted by molar-refractivity contribution is -0.137. The van der Waals surface area contributed by atoms with Crippen LogP contribution in [-0.4, -0.2) is 5.91 Å². The van der Waals surface area contributed by atoms with Gasteiger partial charge >= 0.3 is 6.18 Å². The van der Waals surface area contributed by atoms with Crippen molar-refractivity contribution in [3.8, 4) is 0 Å². The van der Waals surface area contributed by atoms with E-state index in [9.17, 15) is 18.0 Å². The number of rotatable bonds is 0. The SMILES string of the molecule is O=C1CCc2ccc(C(F)(F)F)cc2N1. The largest absolute Gasteiger partial charge is 0.416 e. The van der Waals surface area contributed by atoms with Gasteiger partial charge in [-0.2, -0.15) is 13.2 Å². The van der Waals surface area contributed by atoms with Gasteiger partial charge in [0.2, 0.25) is 5.91 Å². The summed E-state index contributed by atoms with van der Waals surface area (Å²) in [6.45, 7) is 0. The highest BCUT2D eigenvalue weighted by molar-refractivity contribution is 5.93. The molecule has 0 saturated carbocycles. The van der Waals surface area contributed by atoms with E-state index in [0.29, 0.717) is 12.8 Å². The minimum atomic E-state index is -4.36. The summed E-state index contributed by atoms with van der Waals surface area (Å²) >= 11 is 0. The number of aryl methyl sites for hydroxylation is 1. The lowest BCUT2D eigenvalue weighted by Gasteiger charge is -2.18. The van der Waals surface area contributed by atoms with Gasteiger partial charge in [-0.1, -0.05) is 6.07 Å². The summed E-state index contributed by atoms with van der Waals surface area (Å²) in [4.78, 5) is 11.0. The fourth-order valence-electron chi connectivity index (χ4n) is 1.55. The summed E-state index contributed by atoms with van der Waals surface area (Å²) in [7, 11) is 0. The number of amides is 1. The van der Waals surface area contributed by atoms with E-state index in [2.05, 4.69) is 5.32 Å². The van der Waals surface area contributed by atoms with E-state index in [1.54, 1.807) is 0 Å². The first kappa shape index (κ1) is 10.0. The Morgan fingerprint density at radius 3 is 2.60 bits per heavy atom. The molecule has 0 saturated heterocycles. The second-order valence-corrected chi connectivity index (χ2v) is 3.42. The Labute approximate surface area is 84.1 Å². The fourth-order valence-corrected chi connectivity index (χ4v) is 1.55. The summed E-state index contributed by atoms with van der Waals surface area (Å²) in [5.41, 5.74) is 0.298. The average Bonchev–Trinajstić information content (AvgIpc) is 2.15. The number of nitrogens with one attached hydrogen (secondary N) is 1. The molecule has 0 aliphatic carbocycles. The van der Waals surface area contributed by atoms with Crippen LogP contribution in [0.15, 0.2) is 18.2 Å². The Hall–Kier alpha value is -1.52. The van der Waals surface area contributed by atoms with Crippen molar-refractivity contribution in [3.05, 3.63) is 29.3 Å². The number of carbonyl (C=O) groups is 1. The van der Waals surface area contributed by atoms with Crippen LogP contribution in [0.2, 0.25) is 0 Å². The topological polar surface area (TPSA) is 29.1 Å². The number of alkyl halides is 3. The Morgan fingerprint density at radius 2 is 1.93 bits per heavy atom. The number of halogens is 3. The van der Waals surface area contributed by atoms with Crippen LogP contribution in [-0.2, 0) is 17.4 Å². The molecule has 80 valence electrons. The number of anilines is 1. The van der Waals surface area contributed by atoms with Gasteiger partial charge in [0.15, 0.2) is 0 Å². The zero-order chi connectivity index (χ0) is 11.1. The molecule has 0 aromatic heterocycles. The van der Waals surface area contributed by atoms with Crippen LogP contribution in [0.25, 0.3) is 0 Å². The van der Waals surface area contributed by atoms with Crippen molar-refractivity contribution >= 4 is 11.6 Å². The molecular formula is C10H8F3NO. The number of fused-ring (bicyclic) bond motifs is 1. The van der Waals surface area contributed by atoms with Gasteiger partial charge in [-0.3, -0.25) is 4.79 Å². The predicted octanol–water partition coefficient (Wildman–Crippen LogP) is 2.59. The Kier molecular flexibility index (Phi) is 2.17. The zero-order valence-electron chi connectivity index (χ0n) is 7.69. The normalized spacial score (nSPS) is 15.8. The second kappa shape index (κ2) is 3.25. The number of hydrogen-bond acceptors (Lipinski definition) is 1. The fraction of sp³-hybridized carbons (Fsp3) is 0.300. The maximum absolute atomic E-state index is 12.3. The zero-order valence-corrected chi connectivity index (χ0v) is 7.69. The van der Waals surface area contributed by atoms with Crippen molar-refractivity contribution in [2.75, 3.05) is 5.32 Å². The first-order valence-corrected chi connectivity index (χ1v) is 4.47. The number of hydrogen-bond donors (Lipinski definition) is 1. The van der Waals surface area contributed by atoms with Gasteiger partial charge in [0.1, 0.15) is 0 Å². The van der Waals surface area contributed by atoms with Crippen LogP contribution in [0, 0.1) is 0 Å². The van der Waals surface area contributed by atoms with Crippen LogP contribution in [0.5, 0.6) is 0 Å². The van der Waals surface area contributed by atoms with E-state index in [1.807, 2.05) is 0 Å². The molecule has 1 amide bonds. The van der Waals surface area contributed by atoms with E-state index >= 15 is 0 Å². The van der Waals surface area contributed by atoms with Gasteiger partial charge < -0.3 is 5.32 Å². The van der Waals surface area contributed by atoms with Gasteiger partial charge in [-0.15, -0.1) is 0 Å². The highest BCUT2D eigenvalue weighted by atomic mass is 19.4. The molecule has 2 nitrogen and oxygen atoms in total. The van der Waals surface area contributed by atoms with E-state index in [4.69, 9.17) is 0 Å². The average molecular weight is 215 g/mol. The molecule has 2 rings (SSSR count). The second-order valence-electron chi connectivity index (χ2n) is 3.42. The molecule has 15 heavy (non-hydrogen) atoms. The van der Waals surface area contributed by atoms with Crippen molar-refractivity contribution < 1.29 is 18.0 Å². The van der Waals surface area contributed by atoms with Gasteiger partial charge in [0.25, 0.3) is 0 Å². The highest BCUT2D eigenvalue weighted by Gasteiger charge is 2.31. The number of benzene rings is 1. The quantitative estimate of drug-likeness (QED) is 0.708. The molecule has 0 atom stereocenters. The Balaban J connectivity index is 2.41. The van der Waals surface area contributed by atoms with Gasteiger partial charge in [-0.05, 0) is 24.1 Å². The van der Waals surface area contributed by atoms with Gasteiger partial charge in [-0.25, -0.2) is 0 Å². The molecule has 0 unspecified atom stereocenters. The smallest absolute Gasteiger partial charge is 0.326 e. The third-order valence-electron chi connectivity index (χ3n) is 2.33. The van der Waals surface area contributed by atoms with E-state index < -0.39 is 11.7 Å². The maximum Gasteiger partial charge on any atom is 0.416 e. The molecule has 1 heterocycles. The van der Waals surface area contributed by atoms with Crippen LogP contribution in [0.4, 0.5) is 18.9 Å². The van der Waals surface area contributed by atoms with Crippen LogP contribution in [0.3, 0.4) is 0 Å². The third-order valence-corrected chi connectivity index (χ3v) is 2.33. The molecule has 1 aromatic rings. The molecule has 0 spiro atoms. The monoisotopic (exact) mass is 215 g/mol. The molecule has 1 aliphatic heterocycles. The molecule has 0 bridgehead atoms. The minimum absolute atomic E-state index is 0.234. The summed E-state index contributed by atoms with van der Waals surface area (Å²) in [6, 6.07) is 3.43. The van der Waals surface area contributed by atoms with Crippen LogP contribution in [0.1, 0.15) is 17.5 Å². The first-order valence-electron chi connectivity index (χ1n) is 4.47. The Morgan fingerprint density at radius 1 is 1.20 bits per heavy atom. The summed E-state index contributed by atoms with van der Waals surface area (Å²) in [5.74, 6) is -0.234. The van der Waals surface area contributed by atoms with Crippen molar-refractivity contribution in [3.63, 3.8) is 0 Å². The standard InChI is InChI=1S/C10H8F3NO/c11-10(12,13)7-3-1-6-2-4-9(15)14-8(6)5-7/h1,3,5H,2,4H2,(H,14,15). The molecule has 1 N–H and O–H groups in total. The molecule has 0 fully saturated rings. The predicted molar refractivity (Wildman–Crippen MR) is 48.4 cm³/mol. The highest BCUT2D eigenvalue weighted by Crippen LogP contribution is 2.33. The van der Waals surface area contributed by atoms with E-state index in [-0.39, 0.29) is 11.6 Å². The van der Waals surface area contributed by atoms with Crippen LogP contribution >= 0.6 is 0 Å². The van der Waals surface area contributed by atoms with Gasteiger partial charge in [0, 0.05) is 12.1 Å². The van der Waals surface area contributed by atoms with Gasteiger partial charge in [0.05, 0.1) is 5.56 Å². The van der Waals surface area contributed by atoms with E-state index in [0.717, 1.165) is 17.7 Å². The third kappa shape index (κ3) is 1.95. The molecule has 1 aliphatic rings. The van der Waals surface area contributed by atoms with Crippen LogP contribution < -0.4 is 5.32 Å². The van der Waals surface area contributed by atoms with Crippen molar-refractivity contribution in [1.29, 1.82) is 0 Å². The lowest BCUT2D eigenvalue weighted by atomic mass is 10.0. The minimum Gasteiger partial charge on any atom is -0.326 e. The van der Waals surface area contributed by atoms with E-state index in [1.165, 1.54) is 6.07 Å². The van der Waals surface area contributed by atoms with Crippen molar-refractivity contribution in [2.24, 2.45) is 0 Å². The molecular weight excluding hydrogens is 207 g/mol. The molecule has 0 radical (unpaired) electrons. The molecule has 1 aromatic carbocycles. The van der Waals surface area contributed by atoms with Crippen molar-refractivity contribution in [1.82, 2.24) is 0 Å². The summed E-state index contributed by atoms with van der Waals surface area (Å²) in [5, 5.41) is 2.43. The maximum atomic E-state index is 12.3. The first-order chi connectivity index (χ1) is 6.97. The number of carbonyl (C=O) groups excluding carboxylic acids is 1. The molecule has 5 heteroatoms. The Bertz CT molecular complexity index is 412. The lowest BCUT2D eigenvalue weighted by Crippen LogP contribution is -2.19. The summed E-state index contributed by atoms with van der Waals surface area (Å²) in [6.07, 6.45) is -3.53.